The topological polar surface area (TPSA) is 44.6 Å². The Balaban J connectivity index is 2.78. The van der Waals surface area contributed by atoms with Gasteiger partial charge in [-0.2, -0.15) is 0 Å². The zero-order chi connectivity index (χ0) is 11.2. The van der Waals surface area contributed by atoms with Gasteiger partial charge in [0.05, 0.1) is 14.9 Å². The minimum Gasteiger partial charge on any atom is -0.504 e. The highest BCUT2D eigenvalue weighted by Gasteiger charge is 2.24. The number of nitrogens with one attached hydrogen (secondary N) is 1. The first-order valence-electron chi connectivity index (χ1n) is 3.58. The Hall–Kier alpha value is 0.190. The third kappa shape index (κ3) is 1.91. The summed E-state index contributed by atoms with van der Waals surface area (Å²) in [5.74, 6) is -0.174. The number of phenols is 1. The van der Waals surface area contributed by atoms with E-state index in [1.165, 1.54) is 11.9 Å². The Morgan fingerprint density at radius 2 is 1.87 bits per heavy atom. The molecule has 1 heterocycles. The predicted octanol–water partition coefficient (Wildman–Crippen LogP) is 4.35. The van der Waals surface area contributed by atoms with Gasteiger partial charge in [-0.1, -0.05) is 34.8 Å². The second-order valence-corrected chi connectivity index (χ2v) is 5.28. The van der Waals surface area contributed by atoms with Crippen LogP contribution >= 0.6 is 62.7 Å². The summed E-state index contributed by atoms with van der Waals surface area (Å²) in [6.07, 6.45) is 0. The number of nitrogens with zero attached hydrogens (tertiary/aromatic N) is 1. The van der Waals surface area contributed by atoms with E-state index >= 15 is 0 Å². The summed E-state index contributed by atoms with van der Waals surface area (Å²) in [5, 5.41) is 10.1. The highest BCUT2D eigenvalue weighted by molar-refractivity contribution is 9.18. The van der Waals surface area contributed by atoms with Gasteiger partial charge in [0, 0.05) is 0 Å². The fourth-order valence-electron chi connectivity index (χ4n) is 1.03. The van der Waals surface area contributed by atoms with Crippen molar-refractivity contribution in [3.05, 3.63) is 15.1 Å². The Morgan fingerprint density at radius 1 is 1.20 bits per heavy atom. The number of aromatic hydroxyl groups is 1. The molecule has 0 aliphatic carbocycles. The molecule has 3 nitrogen and oxygen atoms in total. The monoisotopic (exact) mass is 346 g/mol. The van der Waals surface area contributed by atoms with Gasteiger partial charge in [0.25, 0.3) is 0 Å². The number of hydrogen-bond donors (Lipinski definition) is 2. The van der Waals surface area contributed by atoms with Crippen LogP contribution < -0.4 is 4.72 Å². The van der Waals surface area contributed by atoms with Gasteiger partial charge in [-0.15, -0.1) is 0 Å². The first-order valence-corrected chi connectivity index (χ1v) is 6.33. The predicted molar refractivity (Wildman–Crippen MR) is 68.2 cm³/mol. The van der Waals surface area contributed by atoms with Gasteiger partial charge >= 0.3 is 0 Å². The van der Waals surface area contributed by atoms with Crippen LogP contribution in [0.1, 0.15) is 0 Å². The van der Waals surface area contributed by atoms with E-state index in [0.717, 1.165) is 0 Å². The van der Waals surface area contributed by atoms with Gasteiger partial charge in [-0.05, 0) is 27.9 Å². The molecule has 0 bridgehead atoms. The average molecular weight is 348 g/mol. The highest BCUT2D eigenvalue weighted by atomic mass is 79.9. The average Bonchev–Trinajstić information content (AvgIpc) is 2.23. The molecule has 15 heavy (non-hydrogen) atoms. The number of benzene rings is 1. The van der Waals surface area contributed by atoms with Crippen molar-refractivity contribution < 1.29 is 5.11 Å². The van der Waals surface area contributed by atoms with E-state index in [1.54, 1.807) is 0 Å². The Morgan fingerprint density at radius 3 is 2.53 bits per heavy atom. The molecule has 2 rings (SSSR count). The van der Waals surface area contributed by atoms with Crippen LogP contribution in [-0.4, -0.2) is 9.85 Å². The van der Waals surface area contributed by atoms with E-state index in [4.69, 9.17) is 34.8 Å². The van der Waals surface area contributed by atoms with Crippen LogP contribution in [0, 0.1) is 0 Å². The fourth-order valence-corrected chi connectivity index (χ4v) is 2.88. The molecule has 2 N–H and O–H groups in total. The molecule has 0 fully saturated rings. The van der Waals surface area contributed by atoms with E-state index in [9.17, 15) is 5.11 Å². The van der Waals surface area contributed by atoms with Crippen molar-refractivity contribution in [3.8, 4) is 5.75 Å². The molecule has 0 saturated heterocycles. The zero-order valence-corrected chi connectivity index (χ0v) is 11.5. The minimum absolute atomic E-state index is 0.00645. The number of aliphatic imine (C=N–C) groups is 1. The lowest BCUT2D eigenvalue weighted by Gasteiger charge is -2.17. The van der Waals surface area contributed by atoms with Crippen LogP contribution in [0.2, 0.25) is 15.1 Å². The molecule has 0 aromatic heterocycles. The third-order valence-corrected chi connectivity index (χ3v) is 4.64. The van der Waals surface area contributed by atoms with Crippen LogP contribution in [-0.2, 0) is 0 Å². The molecule has 8 heteroatoms. The summed E-state index contributed by atoms with van der Waals surface area (Å²) in [5.41, 5.74) is 0.310. The normalized spacial score (nSPS) is 14.3. The Kier molecular flexibility index (Phi) is 3.28. The maximum absolute atomic E-state index is 9.72. The van der Waals surface area contributed by atoms with Crippen LogP contribution in [0.25, 0.3) is 0 Å². The van der Waals surface area contributed by atoms with Gasteiger partial charge in [0.15, 0.2) is 10.5 Å². The number of halogens is 4. The van der Waals surface area contributed by atoms with Gasteiger partial charge in [-0.3, -0.25) is 0 Å². The van der Waals surface area contributed by atoms with Crippen LogP contribution in [0.5, 0.6) is 5.75 Å². The highest BCUT2D eigenvalue weighted by Crippen LogP contribution is 2.51. The first kappa shape index (κ1) is 11.7. The van der Waals surface area contributed by atoms with E-state index in [-0.39, 0.29) is 20.8 Å². The molecule has 0 atom stereocenters. The van der Waals surface area contributed by atoms with Crippen molar-refractivity contribution in [1.82, 2.24) is 4.72 Å². The zero-order valence-electron chi connectivity index (χ0n) is 6.81. The molecular weight excluding hydrogens is 346 g/mol. The SMILES string of the molecule is Oc1c(Cl)c(Cl)c(Cl)c2c1N=C(Br)NS2. The molecule has 1 aromatic rings. The van der Waals surface area contributed by atoms with Crippen molar-refractivity contribution in [2.75, 3.05) is 0 Å². The van der Waals surface area contributed by atoms with E-state index < -0.39 is 0 Å². The van der Waals surface area contributed by atoms with E-state index in [0.29, 0.717) is 15.3 Å². The maximum atomic E-state index is 9.72. The standard InChI is InChI=1S/C7H2BrCl3N2OS/c8-7-12-4-5(14)2(10)1(9)3(11)6(4)15-13-7/h14H,(H,12,13). The minimum atomic E-state index is -0.174. The summed E-state index contributed by atoms with van der Waals surface area (Å²) in [6, 6.07) is 0. The summed E-state index contributed by atoms with van der Waals surface area (Å²) in [7, 11) is 0. The lowest BCUT2D eigenvalue weighted by molar-refractivity contribution is 0.476. The molecule has 0 amide bonds. The molecule has 1 aliphatic rings. The maximum Gasteiger partial charge on any atom is 0.181 e. The number of phenolic OH excluding ortho intramolecular Hbond substituents is 1. The number of rotatable bonds is 0. The molecular formula is C7H2BrCl3N2OS. The van der Waals surface area contributed by atoms with E-state index in [2.05, 4.69) is 25.6 Å². The van der Waals surface area contributed by atoms with Crippen LogP contribution in [0.15, 0.2) is 9.89 Å². The van der Waals surface area contributed by atoms with Gasteiger partial charge < -0.3 is 9.83 Å². The molecule has 1 aliphatic heterocycles. The van der Waals surface area contributed by atoms with E-state index in [1.807, 2.05) is 0 Å². The largest absolute Gasteiger partial charge is 0.504 e. The second-order valence-electron chi connectivity index (χ2n) is 2.58. The molecule has 80 valence electrons. The summed E-state index contributed by atoms with van der Waals surface area (Å²) >= 11 is 21.9. The third-order valence-electron chi connectivity index (χ3n) is 1.68. The Bertz CT molecular complexity index is 480. The van der Waals surface area contributed by atoms with Crippen LogP contribution in [0.4, 0.5) is 5.69 Å². The summed E-state index contributed by atoms with van der Waals surface area (Å²) in [6.45, 7) is 0. The van der Waals surface area contributed by atoms with Crippen molar-refractivity contribution in [2.45, 2.75) is 4.90 Å². The summed E-state index contributed by atoms with van der Waals surface area (Å²) < 4.78 is 3.32. The summed E-state index contributed by atoms with van der Waals surface area (Å²) in [4.78, 5) is 4.58. The smallest absolute Gasteiger partial charge is 0.181 e. The Labute approximate surface area is 113 Å². The van der Waals surface area contributed by atoms with Gasteiger partial charge in [-0.25, -0.2) is 4.99 Å². The van der Waals surface area contributed by atoms with Crippen molar-refractivity contribution >= 4 is 73.1 Å². The first-order chi connectivity index (χ1) is 7.02. The van der Waals surface area contributed by atoms with Crippen molar-refractivity contribution in [1.29, 1.82) is 0 Å². The molecule has 0 saturated carbocycles. The van der Waals surface area contributed by atoms with Crippen LogP contribution in [0.3, 0.4) is 0 Å². The second kappa shape index (κ2) is 4.22. The van der Waals surface area contributed by atoms with Crippen molar-refractivity contribution in [2.24, 2.45) is 4.99 Å². The molecule has 0 spiro atoms. The van der Waals surface area contributed by atoms with Gasteiger partial charge in [0.1, 0.15) is 10.7 Å². The van der Waals surface area contributed by atoms with Crippen molar-refractivity contribution in [3.63, 3.8) is 0 Å². The number of amidine groups is 1. The fraction of sp³-hybridized carbons (Fsp3) is 0. The molecule has 1 aromatic carbocycles. The lowest BCUT2D eigenvalue weighted by atomic mass is 10.3. The molecule has 0 unspecified atom stereocenters. The molecule has 0 radical (unpaired) electrons. The van der Waals surface area contributed by atoms with Gasteiger partial charge in [0.2, 0.25) is 0 Å². The lowest BCUT2D eigenvalue weighted by Crippen LogP contribution is -2.11. The number of fused-ring (bicyclic) bond motifs is 1. The quantitative estimate of drug-likeness (QED) is 0.416. The number of hydrogen-bond acceptors (Lipinski definition) is 4.